The third-order valence-corrected chi connectivity index (χ3v) is 7.10. The molecule has 2 saturated heterocycles. The summed E-state index contributed by atoms with van der Waals surface area (Å²) in [6.07, 6.45) is 6.03. The van der Waals surface area contributed by atoms with Gasteiger partial charge in [-0.3, -0.25) is 0 Å². The van der Waals surface area contributed by atoms with Gasteiger partial charge in [0, 0.05) is 25.9 Å². The van der Waals surface area contributed by atoms with Gasteiger partial charge in [0.25, 0.3) is 0 Å². The van der Waals surface area contributed by atoms with Gasteiger partial charge in [0.1, 0.15) is 0 Å². The standard InChI is InChI=1S/C17H26N2O2S/c1-15-5-7-17(8-6-15)22(20,21)19-13-9-16(10-14-19)18-11-3-2-4-12-18/h5-8,16H,2-4,9-14H2,1H3/p+1. The molecule has 4 nitrogen and oxygen atoms in total. The SMILES string of the molecule is Cc1ccc(S(=O)(=O)N2CCC([NH+]3CCCCC3)CC2)cc1. The van der Waals surface area contributed by atoms with E-state index < -0.39 is 10.0 Å². The van der Waals surface area contributed by atoms with Gasteiger partial charge >= 0.3 is 0 Å². The van der Waals surface area contributed by atoms with Crippen LogP contribution in [0.4, 0.5) is 0 Å². The summed E-state index contributed by atoms with van der Waals surface area (Å²) >= 11 is 0. The van der Waals surface area contributed by atoms with Crippen molar-refractivity contribution in [3.63, 3.8) is 0 Å². The molecule has 0 atom stereocenters. The van der Waals surface area contributed by atoms with Crippen LogP contribution in [0.15, 0.2) is 29.2 Å². The topological polar surface area (TPSA) is 41.8 Å². The number of rotatable bonds is 3. The van der Waals surface area contributed by atoms with Gasteiger partial charge in [-0.05, 0) is 38.3 Å². The normalized spacial score (nSPS) is 22.8. The van der Waals surface area contributed by atoms with E-state index in [4.69, 9.17) is 0 Å². The van der Waals surface area contributed by atoms with Gasteiger partial charge in [0.2, 0.25) is 10.0 Å². The molecular formula is C17H27N2O2S+. The highest BCUT2D eigenvalue weighted by molar-refractivity contribution is 7.89. The van der Waals surface area contributed by atoms with Crippen LogP contribution in [0, 0.1) is 6.92 Å². The quantitative estimate of drug-likeness (QED) is 0.909. The van der Waals surface area contributed by atoms with Gasteiger partial charge < -0.3 is 4.90 Å². The Balaban J connectivity index is 1.63. The first kappa shape index (κ1) is 16.0. The Bertz CT molecular complexity index is 584. The number of quaternary nitrogens is 1. The molecule has 1 aromatic rings. The molecular weight excluding hydrogens is 296 g/mol. The van der Waals surface area contributed by atoms with Crippen LogP contribution in [-0.4, -0.2) is 44.9 Å². The van der Waals surface area contributed by atoms with Crippen molar-refractivity contribution in [2.75, 3.05) is 26.2 Å². The Labute approximate surface area is 134 Å². The molecule has 0 unspecified atom stereocenters. The van der Waals surface area contributed by atoms with E-state index in [0.717, 1.165) is 18.4 Å². The highest BCUT2D eigenvalue weighted by atomic mass is 32.2. The van der Waals surface area contributed by atoms with Crippen molar-refractivity contribution in [1.29, 1.82) is 0 Å². The van der Waals surface area contributed by atoms with Crippen molar-refractivity contribution in [2.45, 2.75) is 50.0 Å². The van der Waals surface area contributed by atoms with E-state index in [1.54, 1.807) is 21.3 Å². The van der Waals surface area contributed by atoms with E-state index in [2.05, 4.69) is 0 Å². The molecule has 1 N–H and O–H groups in total. The maximum absolute atomic E-state index is 12.7. The van der Waals surface area contributed by atoms with Crippen molar-refractivity contribution >= 4 is 10.0 Å². The van der Waals surface area contributed by atoms with Crippen molar-refractivity contribution in [3.8, 4) is 0 Å². The lowest BCUT2D eigenvalue weighted by Crippen LogP contribution is -3.16. The molecule has 2 aliphatic heterocycles. The molecule has 2 heterocycles. The zero-order chi connectivity index (χ0) is 15.6. The largest absolute Gasteiger partial charge is 0.332 e. The number of nitrogens with zero attached hydrogens (tertiary/aromatic N) is 1. The highest BCUT2D eigenvalue weighted by Gasteiger charge is 2.33. The van der Waals surface area contributed by atoms with Crippen LogP contribution in [0.1, 0.15) is 37.7 Å². The smallest absolute Gasteiger partial charge is 0.243 e. The summed E-state index contributed by atoms with van der Waals surface area (Å²) in [4.78, 5) is 2.14. The van der Waals surface area contributed by atoms with Gasteiger partial charge in [0.05, 0.1) is 24.0 Å². The first-order valence-electron chi connectivity index (χ1n) is 8.49. The van der Waals surface area contributed by atoms with Crippen LogP contribution >= 0.6 is 0 Å². The number of nitrogens with one attached hydrogen (secondary N) is 1. The first-order valence-corrected chi connectivity index (χ1v) is 9.93. The number of piperidine rings is 2. The number of aryl methyl sites for hydroxylation is 1. The van der Waals surface area contributed by atoms with E-state index in [9.17, 15) is 8.42 Å². The van der Waals surface area contributed by atoms with Crippen LogP contribution in [0.3, 0.4) is 0 Å². The van der Waals surface area contributed by atoms with Crippen LogP contribution in [-0.2, 0) is 10.0 Å². The summed E-state index contributed by atoms with van der Waals surface area (Å²) in [6, 6.07) is 7.86. The summed E-state index contributed by atoms with van der Waals surface area (Å²) in [5, 5.41) is 0. The number of likely N-dealkylation sites (tertiary alicyclic amines) is 1. The minimum absolute atomic E-state index is 0.432. The summed E-state index contributed by atoms with van der Waals surface area (Å²) in [7, 11) is -3.31. The Kier molecular flexibility index (Phi) is 4.85. The van der Waals surface area contributed by atoms with E-state index in [0.29, 0.717) is 24.0 Å². The van der Waals surface area contributed by atoms with Gasteiger partial charge in [-0.25, -0.2) is 8.42 Å². The van der Waals surface area contributed by atoms with E-state index in [1.807, 2.05) is 19.1 Å². The second kappa shape index (κ2) is 6.69. The minimum Gasteiger partial charge on any atom is -0.332 e. The average molecular weight is 323 g/mol. The number of hydrogen-bond donors (Lipinski definition) is 1. The van der Waals surface area contributed by atoms with E-state index in [1.165, 1.54) is 32.4 Å². The minimum atomic E-state index is -3.31. The van der Waals surface area contributed by atoms with Gasteiger partial charge in [-0.1, -0.05) is 17.7 Å². The fraction of sp³-hybridized carbons (Fsp3) is 0.647. The van der Waals surface area contributed by atoms with E-state index in [-0.39, 0.29) is 0 Å². The maximum Gasteiger partial charge on any atom is 0.243 e. The van der Waals surface area contributed by atoms with Crippen LogP contribution < -0.4 is 4.90 Å². The molecule has 0 aliphatic carbocycles. The van der Waals surface area contributed by atoms with Gasteiger partial charge in [0.15, 0.2) is 0 Å². The predicted octanol–water partition coefficient (Wildman–Crippen LogP) is 1.22. The molecule has 122 valence electrons. The van der Waals surface area contributed by atoms with Crippen molar-refractivity contribution in [3.05, 3.63) is 29.8 Å². The zero-order valence-electron chi connectivity index (χ0n) is 13.4. The summed E-state index contributed by atoms with van der Waals surface area (Å²) < 4.78 is 27.1. The third kappa shape index (κ3) is 3.36. The molecule has 0 spiro atoms. The summed E-state index contributed by atoms with van der Waals surface area (Å²) in [5.41, 5.74) is 1.09. The van der Waals surface area contributed by atoms with Crippen molar-refractivity contribution in [1.82, 2.24) is 4.31 Å². The molecule has 2 aliphatic rings. The lowest BCUT2D eigenvalue weighted by molar-refractivity contribution is -0.931. The molecule has 0 aromatic heterocycles. The lowest BCUT2D eigenvalue weighted by Gasteiger charge is -2.37. The third-order valence-electron chi connectivity index (χ3n) is 5.19. The molecule has 0 radical (unpaired) electrons. The fourth-order valence-corrected chi connectivity index (χ4v) is 5.25. The molecule has 0 saturated carbocycles. The summed E-state index contributed by atoms with van der Waals surface area (Å²) in [5.74, 6) is 0. The number of hydrogen-bond acceptors (Lipinski definition) is 2. The van der Waals surface area contributed by atoms with Crippen LogP contribution in [0.2, 0.25) is 0 Å². The van der Waals surface area contributed by atoms with Crippen LogP contribution in [0.5, 0.6) is 0 Å². The fourth-order valence-electron chi connectivity index (χ4n) is 3.78. The molecule has 5 heteroatoms. The monoisotopic (exact) mass is 323 g/mol. The Hall–Kier alpha value is -0.910. The first-order chi connectivity index (χ1) is 10.6. The Morgan fingerprint density at radius 3 is 2.18 bits per heavy atom. The van der Waals surface area contributed by atoms with Gasteiger partial charge in [-0.15, -0.1) is 0 Å². The molecule has 22 heavy (non-hydrogen) atoms. The molecule has 1 aromatic carbocycles. The number of benzene rings is 1. The van der Waals surface area contributed by atoms with Crippen LogP contribution in [0.25, 0.3) is 0 Å². The maximum atomic E-state index is 12.7. The van der Waals surface area contributed by atoms with Crippen molar-refractivity contribution in [2.24, 2.45) is 0 Å². The highest BCUT2D eigenvalue weighted by Crippen LogP contribution is 2.20. The van der Waals surface area contributed by atoms with Gasteiger partial charge in [-0.2, -0.15) is 4.31 Å². The lowest BCUT2D eigenvalue weighted by atomic mass is 10.0. The van der Waals surface area contributed by atoms with E-state index >= 15 is 0 Å². The van der Waals surface area contributed by atoms with Crippen molar-refractivity contribution < 1.29 is 13.3 Å². The Morgan fingerprint density at radius 1 is 1.00 bits per heavy atom. The zero-order valence-corrected chi connectivity index (χ0v) is 14.2. The molecule has 0 amide bonds. The summed E-state index contributed by atoms with van der Waals surface area (Å²) in [6.45, 7) is 5.86. The number of sulfonamides is 1. The second-order valence-corrected chi connectivity index (χ2v) is 8.65. The second-order valence-electron chi connectivity index (χ2n) is 6.71. The Morgan fingerprint density at radius 2 is 1.59 bits per heavy atom. The molecule has 2 fully saturated rings. The predicted molar refractivity (Wildman–Crippen MR) is 87.5 cm³/mol. The molecule has 3 rings (SSSR count). The average Bonchev–Trinajstić information content (AvgIpc) is 2.56. The molecule has 0 bridgehead atoms.